The first-order valence-electron chi connectivity index (χ1n) is 6.47. The van der Waals surface area contributed by atoms with Crippen LogP contribution in [0.25, 0.3) is 6.08 Å². The van der Waals surface area contributed by atoms with E-state index in [0.29, 0.717) is 0 Å². The summed E-state index contributed by atoms with van der Waals surface area (Å²) in [4.78, 5) is 0. The van der Waals surface area contributed by atoms with Gasteiger partial charge in [-0.3, -0.25) is 0 Å². The first-order chi connectivity index (χ1) is 9.34. The van der Waals surface area contributed by atoms with Crippen LogP contribution in [0, 0.1) is 11.1 Å². The van der Waals surface area contributed by atoms with Crippen molar-refractivity contribution < 1.29 is 5.06 Å². The third-order valence-corrected chi connectivity index (χ3v) is 3.91. The van der Waals surface area contributed by atoms with Crippen LogP contribution < -0.4 is 5.06 Å². The number of nitrogens with one attached hydrogen (secondary N) is 1. The molecule has 1 N–H and O–H groups in total. The van der Waals surface area contributed by atoms with Gasteiger partial charge in [-0.05, 0) is 17.7 Å². The predicted molar refractivity (Wildman–Crippen MR) is 76.3 cm³/mol. The normalized spacial score (nSPS) is 26.7. The van der Waals surface area contributed by atoms with Crippen LogP contribution in [0.5, 0.6) is 0 Å². The summed E-state index contributed by atoms with van der Waals surface area (Å²) >= 11 is 0. The summed E-state index contributed by atoms with van der Waals surface area (Å²) in [6, 6.07) is 7.82. The van der Waals surface area contributed by atoms with Gasteiger partial charge in [-0.1, -0.05) is 42.5 Å². The summed E-state index contributed by atoms with van der Waals surface area (Å²) in [5, 5.41) is 12.7. The maximum atomic E-state index is 12.5. The molecule has 2 atom stereocenters. The Morgan fingerprint density at radius 3 is 2.89 bits per heavy atom. The van der Waals surface area contributed by atoms with Gasteiger partial charge in [-0.25, -0.2) is 0 Å². The maximum Gasteiger partial charge on any atom is 0.143 e. The van der Waals surface area contributed by atoms with Gasteiger partial charge in [0.1, 0.15) is 11.4 Å². The van der Waals surface area contributed by atoms with Crippen molar-refractivity contribution in [1.29, 1.82) is 0 Å². The van der Waals surface area contributed by atoms with Crippen LogP contribution in [-0.4, -0.2) is 0 Å². The number of para-hydroxylation sites is 1. The smallest absolute Gasteiger partial charge is 0.143 e. The van der Waals surface area contributed by atoms with E-state index in [2.05, 4.69) is 30.4 Å². The van der Waals surface area contributed by atoms with Crippen LogP contribution >= 0.6 is 0 Å². The van der Waals surface area contributed by atoms with Crippen molar-refractivity contribution in [3.63, 3.8) is 0 Å². The summed E-state index contributed by atoms with van der Waals surface area (Å²) in [5.74, 6) is 0.224. The highest BCUT2D eigenvalue weighted by Gasteiger charge is 2.31. The summed E-state index contributed by atoms with van der Waals surface area (Å²) < 4.78 is 0. The lowest BCUT2D eigenvalue weighted by atomic mass is 9.80. The topological polar surface area (TPSA) is 27.5 Å². The highest BCUT2D eigenvalue weighted by molar-refractivity contribution is 5.72. The lowest BCUT2D eigenvalue weighted by Gasteiger charge is -2.35. The van der Waals surface area contributed by atoms with Crippen LogP contribution in [0.4, 0.5) is 5.69 Å². The molecule has 0 saturated heterocycles. The Bertz CT molecular complexity index is 704. The Kier molecular flexibility index (Phi) is 2.21. The number of rotatable bonds is 0. The second kappa shape index (κ2) is 3.92. The molecule has 0 spiro atoms. The van der Waals surface area contributed by atoms with E-state index in [0.717, 1.165) is 22.5 Å². The second-order valence-corrected chi connectivity index (χ2v) is 4.98. The SMILES string of the molecule is [O-][NH+]1C2=CC=C3C=CC=CC3C2=Cc2ccccc21. The zero-order valence-corrected chi connectivity index (χ0v) is 10.3. The number of fused-ring (bicyclic) bond motifs is 4. The van der Waals surface area contributed by atoms with Crippen molar-refractivity contribution in [2.24, 2.45) is 5.92 Å². The molecule has 0 fully saturated rings. The average molecular weight is 247 g/mol. The van der Waals surface area contributed by atoms with Crippen LogP contribution in [-0.2, 0) is 0 Å². The minimum atomic E-state index is 0.145. The van der Waals surface area contributed by atoms with Gasteiger partial charge >= 0.3 is 0 Å². The molecule has 3 aliphatic rings. The van der Waals surface area contributed by atoms with E-state index < -0.39 is 0 Å². The molecule has 4 rings (SSSR count). The van der Waals surface area contributed by atoms with E-state index in [4.69, 9.17) is 0 Å². The molecule has 1 heterocycles. The number of hydrogen-bond acceptors (Lipinski definition) is 1. The Morgan fingerprint density at radius 1 is 1.05 bits per heavy atom. The molecule has 0 saturated carbocycles. The quantitative estimate of drug-likeness (QED) is 0.701. The average Bonchev–Trinajstić information content (AvgIpc) is 2.47. The number of quaternary nitrogens is 1. The summed E-state index contributed by atoms with van der Waals surface area (Å²) in [7, 11) is 0. The number of benzene rings is 1. The summed E-state index contributed by atoms with van der Waals surface area (Å²) in [6.45, 7) is 0. The molecule has 0 bridgehead atoms. The molecular formula is C17H13NO. The first-order valence-corrected chi connectivity index (χ1v) is 6.47. The van der Waals surface area contributed by atoms with Gasteiger partial charge in [-0.15, -0.1) is 0 Å². The van der Waals surface area contributed by atoms with E-state index in [1.165, 1.54) is 5.57 Å². The fraction of sp³-hybridized carbons (Fsp3) is 0.0588. The van der Waals surface area contributed by atoms with Gasteiger partial charge < -0.3 is 10.3 Å². The van der Waals surface area contributed by atoms with E-state index >= 15 is 0 Å². The monoisotopic (exact) mass is 247 g/mol. The van der Waals surface area contributed by atoms with Crippen LogP contribution in [0.2, 0.25) is 0 Å². The zero-order valence-electron chi connectivity index (χ0n) is 10.3. The number of hydroxylamine groups is 1. The van der Waals surface area contributed by atoms with Crippen LogP contribution in [0.1, 0.15) is 5.56 Å². The second-order valence-electron chi connectivity index (χ2n) is 4.98. The number of allylic oxidation sites excluding steroid dienone is 8. The molecule has 0 radical (unpaired) electrons. The Hall–Kier alpha value is -2.16. The molecule has 2 heteroatoms. The highest BCUT2D eigenvalue weighted by Crippen LogP contribution is 2.37. The largest absolute Gasteiger partial charge is 0.623 e. The fourth-order valence-corrected chi connectivity index (χ4v) is 2.96. The zero-order chi connectivity index (χ0) is 12.8. The highest BCUT2D eigenvalue weighted by atomic mass is 16.5. The van der Waals surface area contributed by atoms with E-state index in [1.807, 2.05) is 36.4 Å². The molecule has 2 unspecified atom stereocenters. The third-order valence-electron chi connectivity index (χ3n) is 3.91. The van der Waals surface area contributed by atoms with Gasteiger partial charge in [0.25, 0.3) is 0 Å². The first kappa shape index (κ1) is 10.7. The molecule has 1 aromatic rings. The summed E-state index contributed by atoms with van der Waals surface area (Å²) in [5.41, 5.74) is 5.06. The number of hydrogen-bond donors (Lipinski definition) is 1. The lowest BCUT2D eigenvalue weighted by molar-refractivity contribution is -0.729. The van der Waals surface area contributed by atoms with Crippen molar-refractivity contribution in [2.45, 2.75) is 0 Å². The molecule has 2 nitrogen and oxygen atoms in total. The molecule has 92 valence electrons. The van der Waals surface area contributed by atoms with Crippen LogP contribution in [0.15, 0.2) is 77.6 Å². The molecule has 2 aliphatic carbocycles. The van der Waals surface area contributed by atoms with Crippen molar-refractivity contribution >= 4 is 11.8 Å². The van der Waals surface area contributed by atoms with Crippen molar-refractivity contribution in [3.05, 3.63) is 88.3 Å². The predicted octanol–water partition coefficient (Wildman–Crippen LogP) is 2.66. The maximum absolute atomic E-state index is 12.5. The summed E-state index contributed by atoms with van der Waals surface area (Å²) in [6.07, 6.45) is 14.5. The molecule has 19 heavy (non-hydrogen) atoms. The molecular weight excluding hydrogens is 234 g/mol. The van der Waals surface area contributed by atoms with Gasteiger partial charge in [0.05, 0.1) is 0 Å². The third kappa shape index (κ3) is 1.51. The Balaban J connectivity index is 1.93. The minimum Gasteiger partial charge on any atom is -0.623 e. The van der Waals surface area contributed by atoms with E-state index in [-0.39, 0.29) is 11.0 Å². The molecule has 1 aromatic carbocycles. The van der Waals surface area contributed by atoms with Crippen molar-refractivity contribution in [1.82, 2.24) is 0 Å². The Morgan fingerprint density at radius 2 is 1.95 bits per heavy atom. The Labute approximate surface area is 111 Å². The van der Waals surface area contributed by atoms with E-state index in [9.17, 15) is 5.21 Å². The standard InChI is InChI=1S/C17H13NO/c19-18-16-8-4-2-6-13(16)11-15-14-7-3-1-5-12(14)9-10-17(15)18/h1-11,14,18H. The van der Waals surface area contributed by atoms with Crippen molar-refractivity contribution in [2.75, 3.05) is 0 Å². The lowest BCUT2D eigenvalue weighted by Crippen LogP contribution is -3.01. The van der Waals surface area contributed by atoms with Crippen LogP contribution in [0.3, 0.4) is 0 Å². The molecule has 1 aliphatic heterocycles. The minimum absolute atomic E-state index is 0.145. The van der Waals surface area contributed by atoms with Gasteiger partial charge in [-0.2, -0.15) is 0 Å². The van der Waals surface area contributed by atoms with E-state index in [1.54, 1.807) is 0 Å². The van der Waals surface area contributed by atoms with Gasteiger partial charge in [0.2, 0.25) is 0 Å². The van der Waals surface area contributed by atoms with Gasteiger partial charge in [0, 0.05) is 29.2 Å². The fourth-order valence-electron chi connectivity index (χ4n) is 2.96. The van der Waals surface area contributed by atoms with Gasteiger partial charge in [0.15, 0.2) is 0 Å². The van der Waals surface area contributed by atoms with Crippen molar-refractivity contribution in [3.8, 4) is 0 Å². The molecule has 0 amide bonds. The molecule has 0 aromatic heterocycles.